The Morgan fingerprint density at radius 1 is 1.20 bits per heavy atom. The van der Waals surface area contributed by atoms with Crippen LogP contribution < -0.4 is 15.6 Å². The van der Waals surface area contributed by atoms with Crippen LogP contribution in [0.3, 0.4) is 0 Å². The third kappa shape index (κ3) is 4.08. The van der Waals surface area contributed by atoms with Crippen LogP contribution in [-0.2, 0) is 6.54 Å². The fourth-order valence-corrected chi connectivity index (χ4v) is 2.16. The standard InChI is InChI=1S/C18H14FN3O3/c19-13-5-1-6-14(10-13)25-18-12(4-2-9-21-18)11-22-17(24)15-7-3-8-20-16(15)23/h1-10H,11H2,(H,20,23)(H,22,24). The molecule has 2 N–H and O–H groups in total. The summed E-state index contributed by atoms with van der Waals surface area (Å²) in [6.07, 6.45) is 2.98. The van der Waals surface area contributed by atoms with Gasteiger partial charge in [0.1, 0.15) is 17.1 Å². The Labute approximate surface area is 142 Å². The zero-order valence-corrected chi connectivity index (χ0v) is 13.0. The van der Waals surface area contributed by atoms with Crippen molar-refractivity contribution in [2.45, 2.75) is 6.54 Å². The number of halogens is 1. The highest BCUT2D eigenvalue weighted by Gasteiger charge is 2.12. The zero-order chi connectivity index (χ0) is 17.6. The van der Waals surface area contributed by atoms with E-state index in [1.165, 1.54) is 36.7 Å². The van der Waals surface area contributed by atoms with E-state index in [4.69, 9.17) is 4.74 Å². The van der Waals surface area contributed by atoms with E-state index >= 15 is 0 Å². The average molecular weight is 339 g/mol. The minimum atomic E-state index is -0.512. The molecule has 0 fully saturated rings. The Balaban J connectivity index is 1.74. The third-order valence-electron chi connectivity index (χ3n) is 3.36. The van der Waals surface area contributed by atoms with Crippen LogP contribution in [0.4, 0.5) is 4.39 Å². The number of aromatic nitrogens is 2. The van der Waals surface area contributed by atoms with E-state index in [1.807, 2.05) is 0 Å². The number of carbonyl (C=O) groups excluding carboxylic acids is 1. The first-order valence-electron chi connectivity index (χ1n) is 7.47. The van der Waals surface area contributed by atoms with Crippen molar-refractivity contribution in [3.05, 3.63) is 88.2 Å². The van der Waals surface area contributed by atoms with Crippen LogP contribution in [0.5, 0.6) is 11.6 Å². The van der Waals surface area contributed by atoms with Crippen molar-refractivity contribution in [2.75, 3.05) is 0 Å². The van der Waals surface area contributed by atoms with Gasteiger partial charge in [0.25, 0.3) is 11.5 Å². The summed E-state index contributed by atoms with van der Waals surface area (Å²) in [7, 11) is 0. The maximum Gasteiger partial charge on any atom is 0.260 e. The van der Waals surface area contributed by atoms with Crippen LogP contribution in [-0.4, -0.2) is 15.9 Å². The number of nitrogens with one attached hydrogen (secondary N) is 2. The molecule has 0 aliphatic heterocycles. The smallest absolute Gasteiger partial charge is 0.260 e. The Bertz CT molecular complexity index is 956. The molecule has 1 aromatic carbocycles. The van der Waals surface area contributed by atoms with E-state index in [1.54, 1.807) is 24.3 Å². The average Bonchev–Trinajstić information content (AvgIpc) is 2.61. The predicted molar refractivity (Wildman–Crippen MR) is 88.9 cm³/mol. The Morgan fingerprint density at radius 3 is 2.88 bits per heavy atom. The number of hydrogen-bond acceptors (Lipinski definition) is 4. The van der Waals surface area contributed by atoms with Crippen LogP contribution in [0.25, 0.3) is 0 Å². The van der Waals surface area contributed by atoms with E-state index in [2.05, 4.69) is 15.3 Å². The lowest BCUT2D eigenvalue weighted by Crippen LogP contribution is -2.29. The largest absolute Gasteiger partial charge is 0.439 e. The summed E-state index contributed by atoms with van der Waals surface area (Å²) >= 11 is 0. The lowest BCUT2D eigenvalue weighted by Gasteiger charge is -2.10. The van der Waals surface area contributed by atoms with Crippen LogP contribution in [0, 0.1) is 5.82 Å². The molecule has 0 bridgehead atoms. The highest BCUT2D eigenvalue weighted by atomic mass is 19.1. The Kier molecular flexibility index (Phi) is 4.84. The Morgan fingerprint density at radius 2 is 2.08 bits per heavy atom. The molecule has 0 spiro atoms. The highest BCUT2D eigenvalue weighted by molar-refractivity contribution is 5.93. The topological polar surface area (TPSA) is 84.1 Å². The molecule has 0 aliphatic carbocycles. The first-order valence-corrected chi connectivity index (χ1v) is 7.47. The van der Waals surface area contributed by atoms with Crippen molar-refractivity contribution >= 4 is 5.91 Å². The molecular weight excluding hydrogens is 325 g/mol. The monoisotopic (exact) mass is 339 g/mol. The number of H-pyrrole nitrogens is 1. The molecule has 0 unspecified atom stereocenters. The van der Waals surface area contributed by atoms with Crippen molar-refractivity contribution in [1.82, 2.24) is 15.3 Å². The molecule has 0 atom stereocenters. The predicted octanol–water partition coefficient (Wildman–Crippen LogP) is 2.63. The van der Waals surface area contributed by atoms with E-state index in [0.717, 1.165) is 0 Å². The summed E-state index contributed by atoms with van der Waals surface area (Å²) in [5, 5.41) is 2.64. The van der Waals surface area contributed by atoms with Crippen molar-refractivity contribution in [1.29, 1.82) is 0 Å². The molecule has 3 aromatic rings. The van der Waals surface area contributed by atoms with Gasteiger partial charge < -0.3 is 15.0 Å². The molecular formula is C18H14FN3O3. The number of carbonyl (C=O) groups is 1. The molecule has 0 radical (unpaired) electrons. The number of nitrogens with zero attached hydrogens (tertiary/aromatic N) is 1. The van der Waals surface area contributed by atoms with Crippen molar-refractivity contribution in [3.63, 3.8) is 0 Å². The van der Waals surface area contributed by atoms with Gasteiger partial charge in [-0.3, -0.25) is 9.59 Å². The summed E-state index contributed by atoms with van der Waals surface area (Å²) < 4.78 is 18.8. The molecule has 6 nitrogen and oxygen atoms in total. The van der Waals surface area contributed by atoms with Gasteiger partial charge in [-0.1, -0.05) is 12.1 Å². The molecule has 1 amide bonds. The zero-order valence-electron chi connectivity index (χ0n) is 13.0. The second kappa shape index (κ2) is 7.39. The minimum absolute atomic E-state index is 0.0130. The van der Waals surface area contributed by atoms with Crippen molar-refractivity contribution in [3.8, 4) is 11.6 Å². The highest BCUT2D eigenvalue weighted by Crippen LogP contribution is 2.23. The van der Waals surface area contributed by atoms with E-state index in [0.29, 0.717) is 11.3 Å². The van der Waals surface area contributed by atoms with Gasteiger partial charge in [0.2, 0.25) is 5.88 Å². The summed E-state index contributed by atoms with van der Waals surface area (Å²) in [5.74, 6) is -0.393. The SMILES string of the molecule is O=C(NCc1cccnc1Oc1cccc(F)c1)c1ccc[nH]c1=O. The number of aromatic amines is 1. The van der Waals surface area contributed by atoms with Gasteiger partial charge in [0.05, 0.1) is 0 Å². The molecule has 0 saturated heterocycles. The number of benzene rings is 1. The number of pyridine rings is 2. The number of ether oxygens (including phenoxy) is 1. The van der Waals surface area contributed by atoms with Crippen molar-refractivity contribution < 1.29 is 13.9 Å². The first-order chi connectivity index (χ1) is 12.1. The van der Waals surface area contributed by atoms with Crippen LogP contribution in [0.2, 0.25) is 0 Å². The van der Waals surface area contributed by atoms with Gasteiger partial charge >= 0.3 is 0 Å². The summed E-state index contributed by atoms with van der Waals surface area (Å²) in [6, 6.07) is 12.1. The summed E-state index contributed by atoms with van der Waals surface area (Å²) in [6.45, 7) is 0.103. The summed E-state index contributed by atoms with van der Waals surface area (Å²) in [5.41, 5.74) is 0.133. The van der Waals surface area contributed by atoms with Crippen LogP contribution in [0.1, 0.15) is 15.9 Å². The van der Waals surface area contributed by atoms with Gasteiger partial charge in [-0.05, 0) is 30.3 Å². The van der Waals surface area contributed by atoms with E-state index in [9.17, 15) is 14.0 Å². The fraction of sp³-hybridized carbons (Fsp3) is 0.0556. The molecule has 2 heterocycles. The molecule has 0 aliphatic rings. The van der Waals surface area contributed by atoms with E-state index < -0.39 is 17.3 Å². The summed E-state index contributed by atoms with van der Waals surface area (Å²) in [4.78, 5) is 30.3. The number of amides is 1. The lowest BCUT2D eigenvalue weighted by molar-refractivity contribution is 0.0949. The second-order valence-electron chi connectivity index (χ2n) is 5.12. The first kappa shape index (κ1) is 16.4. The van der Waals surface area contributed by atoms with Crippen LogP contribution in [0.15, 0.2) is 65.7 Å². The lowest BCUT2D eigenvalue weighted by atomic mass is 10.2. The molecule has 25 heavy (non-hydrogen) atoms. The third-order valence-corrected chi connectivity index (χ3v) is 3.36. The van der Waals surface area contributed by atoms with Gasteiger partial charge in [0.15, 0.2) is 0 Å². The maximum absolute atomic E-state index is 13.3. The molecule has 7 heteroatoms. The Hall–Kier alpha value is -3.48. The second-order valence-corrected chi connectivity index (χ2v) is 5.12. The van der Waals surface area contributed by atoms with Gasteiger partial charge in [-0.25, -0.2) is 9.37 Å². The quantitative estimate of drug-likeness (QED) is 0.748. The molecule has 2 aromatic heterocycles. The van der Waals surface area contributed by atoms with Gasteiger partial charge in [-0.15, -0.1) is 0 Å². The normalized spacial score (nSPS) is 10.3. The fourth-order valence-electron chi connectivity index (χ4n) is 2.16. The number of rotatable bonds is 5. The van der Waals surface area contributed by atoms with Gasteiger partial charge in [0, 0.05) is 30.6 Å². The molecule has 3 rings (SSSR count). The van der Waals surface area contributed by atoms with Gasteiger partial charge in [-0.2, -0.15) is 0 Å². The molecule has 126 valence electrons. The van der Waals surface area contributed by atoms with E-state index in [-0.39, 0.29) is 18.0 Å². The maximum atomic E-state index is 13.3. The molecule has 0 saturated carbocycles. The van der Waals surface area contributed by atoms with Crippen LogP contribution >= 0.6 is 0 Å². The minimum Gasteiger partial charge on any atom is -0.439 e. The number of hydrogen-bond donors (Lipinski definition) is 2. The van der Waals surface area contributed by atoms with Crippen molar-refractivity contribution in [2.24, 2.45) is 0 Å².